The van der Waals surface area contributed by atoms with E-state index in [9.17, 15) is 19.5 Å². The molecule has 2 rings (SSSR count). The van der Waals surface area contributed by atoms with Crippen LogP contribution in [0.3, 0.4) is 0 Å². The van der Waals surface area contributed by atoms with E-state index in [0.717, 1.165) is 4.90 Å². The van der Waals surface area contributed by atoms with E-state index in [1.807, 2.05) is 20.8 Å². The number of ketones is 1. The van der Waals surface area contributed by atoms with Crippen LogP contribution in [0.4, 0.5) is 0 Å². The second kappa shape index (κ2) is 5.08. The number of ether oxygens (including phenoxy) is 2. The Morgan fingerprint density at radius 3 is 2.50 bits per heavy atom. The number of aliphatic hydroxyl groups excluding tert-OH is 1. The van der Waals surface area contributed by atoms with E-state index >= 15 is 0 Å². The molecule has 2 saturated heterocycles. The van der Waals surface area contributed by atoms with E-state index in [0.29, 0.717) is 0 Å². The van der Waals surface area contributed by atoms with E-state index in [-0.39, 0.29) is 18.8 Å². The van der Waals surface area contributed by atoms with Gasteiger partial charge in [-0.25, -0.2) is 4.79 Å². The lowest BCUT2D eigenvalue weighted by Gasteiger charge is -2.35. The van der Waals surface area contributed by atoms with Gasteiger partial charge in [0.05, 0.1) is 13.2 Å². The molecule has 7 heteroatoms. The molecule has 0 aromatic heterocycles. The Labute approximate surface area is 128 Å². The number of aliphatic hydroxyl groups is 1. The summed E-state index contributed by atoms with van der Waals surface area (Å²) in [4.78, 5) is 38.8. The molecule has 0 aromatic rings. The molecule has 1 amide bonds. The van der Waals surface area contributed by atoms with Crippen LogP contribution < -0.4 is 0 Å². The summed E-state index contributed by atoms with van der Waals surface area (Å²) in [6.45, 7) is 8.19. The molecular formula is C15H21NO6. The van der Waals surface area contributed by atoms with Gasteiger partial charge in [0, 0.05) is 5.41 Å². The summed E-state index contributed by atoms with van der Waals surface area (Å²) in [5.41, 5.74) is -2.71. The highest BCUT2D eigenvalue weighted by molar-refractivity contribution is 6.35. The van der Waals surface area contributed by atoms with Gasteiger partial charge in [0.2, 0.25) is 11.3 Å². The van der Waals surface area contributed by atoms with Crippen molar-refractivity contribution in [2.75, 3.05) is 13.2 Å². The topological polar surface area (TPSA) is 93.1 Å². The van der Waals surface area contributed by atoms with E-state index in [2.05, 4.69) is 0 Å². The highest BCUT2D eigenvalue weighted by atomic mass is 16.6. The van der Waals surface area contributed by atoms with Gasteiger partial charge < -0.3 is 14.6 Å². The first kappa shape index (κ1) is 16.5. The molecule has 122 valence electrons. The Kier molecular flexibility index (Phi) is 3.81. The van der Waals surface area contributed by atoms with E-state index < -0.39 is 40.6 Å². The average Bonchev–Trinajstić information content (AvgIpc) is 2.87. The standard InChI is InChI=1S/C15H21NO6/c1-6-21-13(20)15-7-22-12(14(3,4)5)16(15)11(19)9(8(2)17)10(15)18/h12,17H,6-7H2,1-5H3/b9-8-/t12-,15-/m1/s1. The predicted molar refractivity (Wildman–Crippen MR) is 75.7 cm³/mol. The van der Waals surface area contributed by atoms with E-state index in [1.165, 1.54) is 6.92 Å². The summed E-state index contributed by atoms with van der Waals surface area (Å²) in [6.07, 6.45) is -0.759. The van der Waals surface area contributed by atoms with Crippen LogP contribution in [0.2, 0.25) is 0 Å². The Balaban J connectivity index is 2.62. The van der Waals surface area contributed by atoms with Crippen molar-refractivity contribution in [3.05, 3.63) is 11.3 Å². The molecule has 0 saturated carbocycles. The summed E-state index contributed by atoms with van der Waals surface area (Å²) in [5, 5.41) is 9.68. The lowest BCUT2D eigenvalue weighted by atomic mass is 9.91. The highest BCUT2D eigenvalue weighted by Gasteiger charge is 2.69. The maximum absolute atomic E-state index is 12.7. The van der Waals surface area contributed by atoms with Crippen LogP contribution in [-0.4, -0.2) is 52.6 Å². The number of hydrogen-bond donors (Lipinski definition) is 1. The van der Waals surface area contributed by atoms with Crippen molar-refractivity contribution in [3.63, 3.8) is 0 Å². The molecule has 2 aliphatic heterocycles. The maximum atomic E-state index is 12.7. The van der Waals surface area contributed by atoms with Crippen molar-refractivity contribution < 1.29 is 29.0 Å². The zero-order chi connectivity index (χ0) is 16.9. The largest absolute Gasteiger partial charge is 0.512 e. The minimum absolute atomic E-state index is 0.0766. The van der Waals surface area contributed by atoms with Crippen molar-refractivity contribution in [3.8, 4) is 0 Å². The Morgan fingerprint density at radius 1 is 1.45 bits per heavy atom. The van der Waals surface area contributed by atoms with Gasteiger partial charge in [-0.15, -0.1) is 0 Å². The fourth-order valence-corrected chi connectivity index (χ4v) is 2.88. The van der Waals surface area contributed by atoms with Crippen LogP contribution in [0, 0.1) is 5.41 Å². The van der Waals surface area contributed by atoms with Crippen molar-refractivity contribution in [1.82, 2.24) is 4.90 Å². The third-order valence-corrected chi connectivity index (χ3v) is 3.85. The van der Waals surface area contributed by atoms with Crippen molar-refractivity contribution in [1.29, 1.82) is 0 Å². The van der Waals surface area contributed by atoms with E-state index in [4.69, 9.17) is 9.47 Å². The molecule has 0 aliphatic carbocycles. The van der Waals surface area contributed by atoms with Gasteiger partial charge in [0.15, 0.2) is 0 Å². The monoisotopic (exact) mass is 311 g/mol. The normalized spacial score (nSPS) is 30.6. The van der Waals surface area contributed by atoms with Crippen molar-refractivity contribution in [2.24, 2.45) is 5.41 Å². The molecular weight excluding hydrogens is 290 g/mol. The Morgan fingerprint density at radius 2 is 2.05 bits per heavy atom. The molecule has 22 heavy (non-hydrogen) atoms. The number of hydrogen-bond acceptors (Lipinski definition) is 6. The second-order valence-electron chi connectivity index (χ2n) is 6.57. The number of fused-ring (bicyclic) bond motifs is 1. The Hall–Kier alpha value is -1.89. The van der Waals surface area contributed by atoms with E-state index in [1.54, 1.807) is 6.92 Å². The smallest absolute Gasteiger partial charge is 0.342 e. The molecule has 2 fully saturated rings. The molecule has 0 spiro atoms. The number of esters is 1. The minimum Gasteiger partial charge on any atom is -0.512 e. The molecule has 7 nitrogen and oxygen atoms in total. The highest BCUT2D eigenvalue weighted by Crippen LogP contribution is 2.45. The van der Waals surface area contributed by atoms with Gasteiger partial charge in [-0.05, 0) is 13.8 Å². The maximum Gasteiger partial charge on any atom is 0.342 e. The number of nitrogens with zero attached hydrogens (tertiary/aromatic N) is 1. The summed E-state index contributed by atoms with van der Waals surface area (Å²) in [5.74, 6) is -2.68. The van der Waals surface area contributed by atoms with Crippen LogP contribution in [-0.2, 0) is 23.9 Å². The van der Waals surface area contributed by atoms with Crippen LogP contribution in [0.25, 0.3) is 0 Å². The SMILES string of the molecule is CCOC(=O)[C@]12CO[C@H](C(C)(C)C)N1C(=O)/C(=C(/C)O)C2=O. The summed E-state index contributed by atoms with van der Waals surface area (Å²) < 4.78 is 10.6. The Bertz CT molecular complexity index is 569. The fraction of sp³-hybridized carbons (Fsp3) is 0.667. The van der Waals surface area contributed by atoms with Crippen molar-refractivity contribution >= 4 is 17.7 Å². The summed E-state index contributed by atoms with van der Waals surface area (Å²) in [6, 6.07) is 0. The third kappa shape index (κ3) is 2.03. The first-order valence-electron chi connectivity index (χ1n) is 7.16. The van der Waals surface area contributed by atoms with Gasteiger partial charge in [0.1, 0.15) is 17.6 Å². The first-order valence-corrected chi connectivity index (χ1v) is 7.16. The first-order chi connectivity index (χ1) is 10.1. The van der Waals surface area contributed by atoms with Crippen LogP contribution in [0.5, 0.6) is 0 Å². The lowest BCUT2D eigenvalue weighted by molar-refractivity contribution is -0.161. The number of rotatable bonds is 2. The second-order valence-corrected chi connectivity index (χ2v) is 6.57. The molecule has 0 bridgehead atoms. The number of Topliss-reactive ketones (excluding diaryl/α,β-unsaturated/α-hetero) is 1. The minimum atomic E-state index is -1.83. The zero-order valence-electron chi connectivity index (χ0n) is 13.4. The van der Waals surface area contributed by atoms with Gasteiger partial charge in [-0.3, -0.25) is 14.5 Å². The molecule has 2 heterocycles. The quantitative estimate of drug-likeness (QED) is 0.268. The molecule has 0 radical (unpaired) electrons. The van der Waals surface area contributed by atoms with Gasteiger partial charge in [-0.1, -0.05) is 20.8 Å². The van der Waals surface area contributed by atoms with Crippen molar-refractivity contribution in [2.45, 2.75) is 46.4 Å². The molecule has 0 unspecified atom stereocenters. The third-order valence-electron chi connectivity index (χ3n) is 3.85. The molecule has 1 N–H and O–H groups in total. The average molecular weight is 311 g/mol. The lowest BCUT2D eigenvalue weighted by Crippen LogP contribution is -2.58. The molecule has 2 aliphatic rings. The van der Waals surface area contributed by atoms with Gasteiger partial charge >= 0.3 is 5.97 Å². The van der Waals surface area contributed by atoms with Crippen LogP contribution in [0.1, 0.15) is 34.6 Å². The number of carbonyl (C=O) groups excluding carboxylic acids is 3. The fourth-order valence-electron chi connectivity index (χ4n) is 2.88. The van der Waals surface area contributed by atoms with Crippen LogP contribution >= 0.6 is 0 Å². The van der Waals surface area contributed by atoms with Gasteiger partial charge in [-0.2, -0.15) is 0 Å². The van der Waals surface area contributed by atoms with Crippen LogP contribution in [0.15, 0.2) is 11.3 Å². The number of carbonyl (C=O) groups is 3. The summed E-state index contributed by atoms with van der Waals surface area (Å²) >= 11 is 0. The summed E-state index contributed by atoms with van der Waals surface area (Å²) in [7, 11) is 0. The number of allylic oxidation sites excluding steroid dienone is 1. The molecule has 0 aromatic carbocycles. The molecule has 2 atom stereocenters. The van der Waals surface area contributed by atoms with Gasteiger partial charge in [0.25, 0.3) is 5.91 Å². The zero-order valence-corrected chi connectivity index (χ0v) is 13.4. The number of amides is 1. The predicted octanol–water partition coefficient (Wildman–Crippen LogP) is 0.934.